The van der Waals surface area contributed by atoms with Crippen molar-refractivity contribution in [2.24, 2.45) is 0 Å². The Balaban J connectivity index is 1.47. The second-order valence-corrected chi connectivity index (χ2v) is 10.1. The Hall–Kier alpha value is -4.23. The maximum Gasteiger partial charge on any atom is 0.295 e. The van der Waals surface area contributed by atoms with Gasteiger partial charge in [-0.2, -0.15) is 0 Å². The summed E-state index contributed by atoms with van der Waals surface area (Å²) in [6.45, 7) is 2.65. The van der Waals surface area contributed by atoms with Crippen LogP contribution in [0.2, 0.25) is 0 Å². The average Bonchev–Trinajstić information content (AvgIpc) is 3.18. The third-order valence-electron chi connectivity index (χ3n) is 6.44. The highest BCUT2D eigenvalue weighted by Gasteiger charge is 2.46. The molecule has 1 aliphatic rings. The first-order valence-corrected chi connectivity index (χ1v) is 12.9. The zero-order valence-electron chi connectivity index (χ0n) is 20.7. The van der Waals surface area contributed by atoms with Crippen molar-refractivity contribution in [3.8, 4) is 5.75 Å². The molecule has 1 aliphatic heterocycles. The maximum atomic E-state index is 13.3. The van der Waals surface area contributed by atoms with Crippen LogP contribution < -0.4 is 4.74 Å². The van der Waals surface area contributed by atoms with Gasteiger partial charge in [-0.3, -0.25) is 14.6 Å². The summed E-state index contributed by atoms with van der Waals surface area (Å²) < 4.78 is 6.76. The second kappa shape index (κ2) is 11.0. The van der Waals surface area contributed by atoms with Crippen LogP contribution >= 0.6 is 15.9 Å². The van der Waals surface area contributed by atoms with E-state index in [0.29, 0.717) is 17.9 Å². The van der Waals surface area contributed by atoms with Gasteiger partial charge in [0, 0.05) is 29.0 Å². The van der Waals surface area contributed by atoms with Gasteiger partial charge in [-0.05, 0) is 72.1 Å². The topological polar surface area (TPSA) is 79.7 Å². The van der Waals surface area contributed by atoms with E-state index in [1.165, 1.54) is 4.90 Å². The number of carbonyl (C=O) groups is 2. The van der Waals surface area contributed by atoms with Crippen LogP contribution in [-0.2, 0) is 22.7 Å². The average molecular weight is 569 g/mol. The fraction of sp³-hybridized carbons (Fsp3) is 0.129. The number of hydrogen-bond acceptors (Lipinski definition) is 5. The second-order valence-electron chi connectivity index (χ2n) is 9.14. The quantitative estimate of drug-likeness (QED) is 0.159. The number of nitrogens with zero attached hydrogens (tertiary/aromatic N) is 2. The minimum atomic E-state index is -0.742. The Kier molecular flexibility index (Phi) is 7.38. The number of ether oxygens (including phenoxy) is 1. The molecule has 7 heteroatoms. The van der Waals surface area contributed by atoms with Crippen LogP contribution in [-0.4, -0.2) is 26.7 Å². The normalized spacial score (nSPS) is 16.6. The van der Waals surface area contributed by atoms with E-state index in [1.54, 1.807) is 48.8 Å². The lowest BCUT2D eigenvalue weighted by atomic mass is 9.95. The van der Waals surface area contributed by atoms with Crippen molar-refractivity contribution in [2.75, 3.05) is 0 Å². The number of aromatic nitrogens is 1. The van der Waals surface area contributed by atoms with Crippen molar-refractivity contribution >= 4 is 33.4 Å². The first-order valence-electron chi connectivity index (χ1n) is 12.1. The van der Waals surface area contributed by atoms with Gasteiger partial charge in [0.25, 0.3) is 11.7 Å². The summed E-state index contributed by atoms with van der Waals surface area (Å²) >= 11 is 3.44. The van der Waals surface area contributed by atoms with Crippen molar-refractivity contribution < 1.29 is 19.4 Å². The first-order chi connectivity index (χ1) is 18.4. The molecule has 5 rings (SSSR count). The number of carbonyl (C=O) groups excluding carboxylic acids is 2. The number of halogens is 1. The van der Waals surface area contributed by atoms with Gasteiger partial charge >= 0.3 is 0 Å². The monoisotopic (exact) mass is 568 g/mol. The number of ketones is 1. The molecule has 2 heterocycles. The van der Waals surface area contributed by atoms with Crippen molar-refractivity contribution in [1.29, 1.82) is 0 Å². The highest BCUT2D eigenvalue weighted by molar-refractivity contribution is 9.10. The third-order valence-corrected chi connectivity index (χ3v) is 6.97. The standard InChI is InChI=1S/C31H25BrN2O4/c1-20-3-2-4-22(17-20)19-38-26-11-7-24(8-12-26)29(35)27-28(23-5-9-25(32)10-6-23)34(31(37)30(27)36)18-21-13-15-33-16-14-21/h2-17,28,35H,18-19H2,1H3/b29-27-. The fourth-order valence-electron chi connectivity index (χ4n) is 4.55. The molecule has 4 aromatic rings. The zero-order valence-corrected chi connectivity index (χ0v) is 22.3. The molecule has 1 N–H and O–H groups in total. The third kappa shape index (κ3) is 5.38. The molecule has 1 aromatic heterocycles. The Bertz CT molecular complexity index is 1500. The molecule has 0 spiro atoms. The van der Waals surface area contributed by atoms with Crippen LogP contribution in [0, 0.1) is 6.92 Å². The Labute approximate surface area is 229 Å². The molecule has 38 heavy (non-hydrogen) atoms. The predicted molar refractivity (Wildman–Crippen MR) is 148 cm³/mol. The lowest BCUT2D eigenvalue weighted by Gasteiger charge is -2.25. The van der Waals surface area contributed by atoms with Crippen molar-refractivity contribution in [2.45, 2.75) is 26.1 Å². The van der Waals surface area contributed by atoms with Crippen LogP contribution in [0.25, 0.3) is 5.76 Å². The SMILES string of the molecule is Cc1cccc(COc2ccc(/C(O)=C3/C(=O)C(=O)N(Cc4ccncc4)C3c3ccc(Br)cc3)cc2)c1. The van der Waals surface area contributed by atoms with E-state index in [0.717, 1.165) is 26.7 Å². The largest absolute Gasteiger partial charge is 0.507 e. The molecule has 0 aliphatic carbocycles. The highest BCUT2D eigenvalue weighted by atomic mass is 79.9. The van der Waals surface area contributed by atoms with Crippen LogP contribution in [0.1, 0.15) is 33.9 Å². The highest BCUT2D eigenvalue weighted by Crippen LogP contribution is 2.40. The summed E-state index contributed by atoms with van der Waals surface area (Å²) in [6.07, 6.45) is 3.28. The summed E-state index contributed by atoms with van der Waals surface area (Å²) in [7, 11) is 0. The molecule has 0 radical (unpaired) electrons. The van der Waals surface area contributed by atoms with Gasteiger partial charge in [-0.15, -0.1) is 0 Å². The molecule has 1 saturated heterocycles. The number of likely N-dealkylation sites (tertiary alicyclic amines) is 1. The zero-order chi connectivity index (χ0) is 26.6. The summed E-state index contributed by atoms with van der Waals surface area (Å²) in [5, 5.41) is 11.3. The predicted octanol–water partition coefficient (Wildman–Crippen LogP) is 6.35. The lowest BCUT2D eigenvalue weighted by Crippen LogP contribution is -2.29. The van der Waals surface area contributed by atoms with Gasteiger partial charge in [0.2, 0.25) is 0 Å². The number of aryl methyl sites for hydroxylation is 1. The Morgan fingerprint density at radius 3 is 2.34 bits per heavy atom. The molecule has 1 amide bonds. The number of benzene rings is 3. The van der Waals surface area contributed by atoms with E-state index in [2.05, 4.69) is 27.0 Å². The van der Waals surface area contributed by atoms with Gasteiger partial charge in [0.05, 0.1) is 11.6 Å². The molecule has 1 atom stereocenters. The molecule has 0 saturated carbocycles. The number of Topliss-reactive ketones (excluding diaryl/α,β-unsaturated/α-hetero) is 1. The van der Waals surface area contributed by atoms with Crippen LogP contribution in [0.3, 0.4) is 0 Å². The molecular formula is C31H25BrN2O4. The summed E-state index contributed by atoms with van der Waals surface area (Å²) in [6, 6.07) is 25.2. The molecule has 1 unspecified atom stereocenters. The smallest absolute Gasteiger partial charge is 0.295 e. The van der Waals surface area contributed by atoms with E-state index in [9.17, 15) is 14.7 Å². The number of rotatable bonds is 7. The van der Waals surface area contributed by atoms with Crippen molar-refractivity contribution in [1.82, 2.24) is 9.88 Å². The number of amides is 1. The van der Waals surface area contributed by atoms with Gasteiger partial charge in [0.1, 0.15) is 18.1 Å². The maximum absolute atomic E-state index is 13.3. The van der Waals surface area contributed by atoms with E-state index >= 15 is 0 Å². The summed E-state index contributed by atoms with van der Waals surface area (Å²) in [4.78, 5) is 32.0. The van der Waals surface area contributed by atoms with Crippen LogP contribution in [0.15, 0.2) is 107 Å². The minimum Gasteiger partial charge on any atom is -0.507 e. The molecule has 1 fully saturated rings. The Morgan fingerprint density at radius 1 is 0.947 bits per heavy atom. The van der Waals surface area contributed by atoms with E-state index < -0.39 is 17.7 Å². The fourth-order valence-corrected chi connectivity index (χ4v) is 4.82. The van der Waals surface area contributed by atoms with E-state index in [-0.39, 0.29) is 17.9 Å². The van der Waals surface area contributed by atoms with Crippen LogP contribution in [0.5, 0.6) is 5.75 Å². The number of aliphatic hydroxyl groups excluding tert-OH is 1. The van der Waals surface area contributed by atoms with Crippen molar-refractivity contribution in [3.05, 3.63) is 135 Å². The van der Waals surface area contributed by atoms with Gasteiger partial charge < -0.3 is 14.7 Å². The van der Waals surface area contributed by atoms with Crippen molar-refractivity contribution in [3.63, 3.8) is 0 Å². The molecular weight excluding hydrogens is 544 g/mol. The first kappa shape index (κ1) is 25.4. The van der Waals surface area contributed by atoms with Crippen LogP contribution in [0.4, 0.5) is 0 Å². The summed E-state index contributed by atoms with van der Waals surface area (Å²) in [5.74, 6) is -0.969. The van der Waals surface area contributed by atoms with Gasteiger partial charge in [0.15, 0.2) is 0 Å². The molecule has 3 aromatic carbocycles. The number of hydrogen-bond donors (Lipinski definition) is 1. The van der Waals surface area contributed by atoms with E-state index in [4.69, 9.17) is 4.74 Å². The summed E-state index contributed by atoms with van der Waals surface area (Å²) in [5.41, 5.74) is 4.25. The molecule has 190 valence electrons. The number of aliphatic hydroxyl groups is 1. The minimum absolute atomic E-state index is 0.0554. The van der Waals surface area contributed by atoms with Gasteiger partial charge in [-0.25, -0.2) is 0 Å². The van der Waals surface area contributed by atoms with Gasteiger partial charge in [-0.1, -0.05) is 57.9 Å². The molecule has 0 bridgehead atoms. The number of pyridine rings is 1. The molecule has 6 nitrogen and oxygen atoms in total. The van der Waals surface area contributed by atoms with E-state index in [1.807, 2.05) is 49.4 Å². The Morgan fingerprint density at radius 2 is 1.66 bits per heavy atom. The lowest BCUT2D eigenvalue weighted by molar-refractivity contribution is -0.140.